The molecular weight excluding hydrogens is 337 g/mol. The van der Waals surface area contributed by atoms with Crippen LogP contribution < -0.4 is 0 Å². The van der Waals surface area contributed by atoms with Gasteiger partial charge in [-0.1, -0.05) is 17.3 Å². The zero-order valence-corrected chi connectivity index (χ0v) is 14.7. The number of aryl methyl sites for hydroxylation is 1. The quantitative estimate of drug-likeness (QED) is 0.841. The second-order valence-electron chi connectivity index (χ2n) is 6.44. The van der Waals surface area contributed by atoms with Gasteiger partial charge in [0.15, 0.2) is 5.76 Å². The first-order chi connectivity index (χ1) is 12.5. The van der Waals surface area contributed by atoms with Crippen LogP contribution >= 0.6 is 0 Å². The Kier molecular flexibility index (Phi) is 5.33. The number of nitrogens with zero attached hydrogens (tertiary/aromatic N) is 3. The summed E-state index contributed by atoms with van der Waals surface area (Å²) in [5.41, 5.74) is 1.59. The molecule has 0 spiro atoms. The minimum Gasteiger partial charge on any atom is -0.373 e. The van der Waals surface area contributed by atoms with Gasteiger partial charge in [-0.25, -0.2) is 4.39 Å². The molecule has 1 aromatic carbocycles. The molecule has 2 heterocycles. The summed E-state index contributed by atoms with van der Waals surface area (Å²) in [7, 11) is 1.75. The van der Waals surface area contributed by atoms with Crippen LogP contribution in [0.3, 0.4) is 0 Å². The van der Waals surface area contributed by atoms with Crippen LogP contribution in [0.25, 0.3) is 0 Å². The molecule has 1 aliphatic heterocycles. The number of amides is 1. The normalized spacial score (nSPS) is 19.8. The van der Waals surface area contributed by atoms with Crippen molar-refractivity contribution in [3.8, 4) is 6.07 Å². The van der Waals surface area contributed by atoms with E-state index in [0.717, 1.165) is 12.0 Å². The molecule has 1 aliphatic rings. The predicted octanol–water partition coefficient (Wildman–Crippen LogP) is 2.92. The van der Waals surface area contributed by atoms with Crippen LogP contribution in [-0.4, -0.2) is 35.7 Å². The highest BCUT2D eigenvalue weighted by Crippen LogP contribution is 2.30. The number of carbonyl (C=O) groups excluding carboxylic acids is 1. The molecule has 26 heavy (non-hydrogen) atoms. The minimum absolute atomic E-state index is 0.00448. The second-order valence-corrected chi connectivity index (χ2v) is 6.44. The number of nitriles is 1. The average molecular weight is 357 g/mol. The molecule has 3 rings (SSSR count). The summed E-state index contributed by atoms with van der Waals surface area (Å²) in [6, 6.07) is 8.27. The van der Waals surface area contributed by atoms with E-state index in [4.69, 9.17) is 14.5 Å². The van der Waals surface area contributed by atoms with E-state index in [9.17, 15) is 9.18 Å². The molecule has 1 saturated heterocycles. The van der Waals surface area contributed by atoms with Gasteiger partial charge in [0.05, 0.1) is 12.5 Å². The number of carbonyl (C=O) groups is 1. The Balaban J connectivity index is 1.66. The van der Waals surface area contributed by atoms with Gasteiger partial charge in [-0.2, -0.15) is 5.26 Å². The third-order valence-corrected chi connectivity index (χ3v) is 4.80. The summed E-state index contributed by atoms with van der Waals surface area (Å²) in [5.74, 6) is 0.00422. The highest BCUT2D eigenvalue weighted by atomic mass is 19.1. The van der Waals surface area contributed by atoms with Crippen molar-refractivity contribution in [2.24, 2.45) is 0 Å². The van der Waals surface area contributed by atoms with Gasteiger partial charge < -0.3 is 14.2 Å². The van der Waals surface area contributed by atoms with Gasteiger partial charge in [0, 0.05) is 19.7 Å². The zero-order valence-electron chi connectivity index (χ0n) is 14.7. The Morgan fingerprint density at radius 1 is 1.42 bits per heavy atom. The van der Waals surface area contributed by atoms with Gasteiger partial charge >= 0.3 is 0 Å². The summed E-state index contributed by atoms with van der Waals surface area (Å²) < 4.78 is 23.9. The zero-order chi connectivity index (χ0) is 18.7. The maximum Gasteiger partial charge on any atom is 0.228 e. The molecule has 2 unspecified atom stereocenters. The minimum atomic E-state index is -0.287. The Morgan fingerprint density at radius 3 is 2.85 bits per heavy atom. The van der Waals surface area contributed by atoms with Crippen molar-refractivity contribution in [3.05, 3.63) is 52.7 Å². The lowest BCUT2D eigenvalue weighted by molar-refractivity contribution is -0.134. The first kappa shape index (κ1) is 18.1. The molecular formula is C19H20FN3O3. The lowest BCUT2D eigenvalue weighted by atomic mass is 9.96. The van der Waals surface area contributed by atoms with Gasteiger partial charge in [0.25, 0.3) is 0 Å². The highest BCUT2D eigenvalue weighted by molar-refractivity contribution is 5.79. The Bertz CT molecular complexity index is 826. The predicted molar refractivity (Wildman–Crippen MR) is 90.5 cm³/mol. The molecule has 6 nitrogen and oxygen atoms in total. The molecule has 0 radical (unpaired) electrons. The summed E-state index contributed by atoms with van der Waals surface area (Å²) in [5, 5.41) is 13.0. The maximum atomic E-state index is 13.1. The Morgan fingerprint density at radius 2 is 2.15 bits per heavy atom. The van der Waals surface area contributed by atoms with Gasteiger partial charge in [-0.3, -0.25) is 4.79 Å². The van der Waals surface area contributed by atoms with E-state index in [0.29, 0.717) is 30.0 Å². The SMILES string of the molecule is Cc1onc(CC(=O)N(C)C2CCOC(c3ccc(F)cc3)C2)c1C#N. The Labute approximate surface area is 151 Å². The summed E-state index contributed by atoms with van der Waals surface area (Å²) in [6.07, 6.45) is 1.21. The molecule has 2 atom stereocenters. The fraction of sp³-hybridized carbons (Fsp3) is 0.421. The van der Waals surface area contributed by atoms with Crippen molar-refractivity contribution in [2.75, 3.05) is 13.7 Å². The van der Waals surface area contributed by atoms with Gasteiger partial charge in [-0.15, -0.1) is 0 Å². The van der Waals surface area contributed by atoms with E-state index in [1.54, 1.807) is 31.0 Å². The monoisotopic (exact) mass is 357 g/mol. The van der Waals surface area contributed by atoms with Crippen LogP contribution in [0.15, 0.2) is 28.8 Å². The molecule has 0 aliphatic carbocycles. The van der Waals surface area contributed by atoms with Crippen molar-refractivity contribution in [1.82, 2.24) is 10.1 Å². The molecule has 7 heteroatoms. The van der Waals surface area contributed by atoms with Crippen LogP contribution in [0.2, 0.25) is 0 Å². The van der Waals surface area contributed by atoms with Crippen LogP contribution in [0.5, 0.6) is 0 Å². The van der Waals surface area contributed by atoms with Gasteiger partial charge in [0.2, 0.25) is 5.91 Å². The van der Waals surface area contributed by atoms with Crippen LogP contribution in [0, 0.1) is 24.1 Å². The molecule has 0 bridgehead atoms. The molecule has 2 aromatic rings. The van der Waals surface area contributed by atoms with Crippen LogP contribution in [0.1, 0.15) is 41.5 Å². The van der Waals surface area contributed by atoms with E-state index in [2.05, 4.69) is 5.16 Å². The maximum absolute atomic E-state index is 13.1. The number of halogens is 1. The number of benzene rings is 1. The number of rotatable bonds is 4. The van der Waals surface area contributed by atoms with Crippen molar-refractivity contribution in [2.45, 2.75) is 38.3 Å². The fourth-order valence-corrected chi connectivity index (χ4v) is 3.19. The number of ether oxygens (including phenoxy) is 1. The standard InChI is InChI=1S/C19H20FN3O3/c1-12-16(11-21)17(22-26-12)10-19(24)23(2)15-7-8-25-18(9-15)13-3-5-14(20)6-4-13/h3-6,15,18H,7-10H2,1-2H3. The first-order valence-corrected chi connectivity index (χ1v) is 8.47. The van der Waals surface area contributed by atoms with Crippen LogP contribution in [0.4, 0.5) is 4.39 Å². The van der Waals surface area contributed by atoms with E-state index in [1.807, 2.05) is 6.07 Å². The summed E-state index contributed by atoms with van der Waals surface area (Å²) in [6.45, 7) is 2.17. The molecule has 1 aromatic heterocycles. The number of hydrogen-bond acceptors (Lipinski definition) is 5. The molecule has 1 fully saturated rings. The van der Waals surface area contributed by atoms with Gasteiger partial charge in [0.1, 0.15) is 23.1 Å². The lowest BCUT2D eigenvalue weighted by Gasteiger charge is -2.35. The van der Waals surface area contributed by atoms with Crippen molar-refractivity contribution < 1.29 is 18.4 Å². The molecule has 0 N–H and O–H groups in total. The summed E-state index contributed by atoms with van der Waals surface area (Å²) >= 11 is 0. The van der Waals surface area contributed by atoms with E-state index in [-0.39, 0.29) is 30.3 Å². The molecule has 0 saturated carbocycles. The number of hydrogen-bond donors (Lipinski definition) is 0. The first-order valence-electron chi connectivity index (χ1n) is 8.47. The average Bonchev–Trinajstić information content (AvgIpc) is 3.01. The third kappa shape index (κ3) is 3.75. The largest absolute Gasteiger partial charge is 0.373 e. The third-order valence-electron chi connectivity index (χ3n) is 4.80. The molecule has 136 valence electrons. The molecule has 1 amide bonds. The number of aromatic nitrogens is 1. The van der Waals surface area contributed by atoms with Crippen molar-refractivity contribution in [1.29, 1.82) is 5.26 Å². The van der Waals surface area contributed by atoms with Gasteiger partial charge in [-0.05, 0) is 37.5 Å². The van der Waals surface area contributed by atoms with E-state index >= 15 is 0 Å². The Hall–Kier alpha value is -2.72. The fourth-order valence-electron chi connectivity index (χ4n) is 3.19. The lowest BCUT2D eigenvalue weighted by Crippen LogP contribution is -2.42. The summed E-state index contributed by atoms with van der Waals surface area (Å²) in [4.78, 5) is 14.3. The number of likely N-dealkylation sites (N-methyl/N-ethyl adjacent to an activating group) is 1. The van der Waals surface area contributed by atoms with Crippen LogP contribution in [-0.2, 0) is 16.0 Å². The smallest absolute Gasteiger partial charge is 0.228 e. The highest BCUT2D eigenvalue weighted by Gasteiger charge is 2.29. The van der Waals surface area contributed by atoms with E-state index in [1.165, 1.54) is 12.1 Å². The van der Waals surface area contributed by atoms with Crippen molar-refractivity contribution >= 4 is 5.91 Å². The van der Waals surface area contributed by atoms with Crippen molar-refractivity contribution in [3.63, 3.8) is 0 Å². The second kappa shape index (κ2) is 7.67. The van der Waals surface area contributed by atoms with E-state index < -0.39 is 0 Å². The topological polar surface area (TPSA) is 79.4 Å².